The molecule has 0 saturated carbocycles. The van der Waals surface area contributed by atoms with E-state index in [4.69, 9.17) is 0 Å². The van der Waals surface area contributed by atoms with Gasteiger partial charge >= 0.3 is 0 Å². The number of pyridine rings is 1. The van der Waals surface area contributed by atoms with E-state index in [1.54, 1.807) is 12.3 Å². The minimum atomic E-state index is -0.549. The lowest BCUT2D eigenvalue weighted by Crippen LogP contribution is -2.50. The van der Waals surface area contributed by atoms with Crippen LogP contribution in [0.1, 0.15) is 21.5 Å². The van der Waals surface area contributed by atoms with Crippen LogP contribution in [0, 0.1) is 0 Å². The lowest BCUT2D eigenvalue weighted by Gasteiger charge is -2.25. The number of rotatable bonds is 4. The summed E-state index contributed by atoms with van der Waals surface area (Å²) in [5, 5.41) is 5.66. The van der Waals surface area contributed by atoms with Crippen LogP contribution < -0.4 is 15.5 Å². The Morgan fingerprint density at radius 2 is 2.08 bits per heavy atom. The quantitative estimate of drug-likeness (QED) is 0.884. The van der Waals surface area contributed by atoms with E-state index in [9.17, 15) is 9.59 Å². The predicted molar refractivity (Wildman–Crippen MR) is 91.8 cm³/mol. The maximum Gasteiger partial charge on any atom is 0.252 e. The van der Waals surface area contributed by atoms with Crippen LogP contribution in [0.4, 0.5) is 5.82 Å². The third-order valence-corrected chi connectivity index (χ3v) is 4.05. The molecule has 2 aromatic rings. The van der Waals surface area contributed by atoms with Crippen molar-refractivity contribution in [3.8, 4) is 0 Å². The van der Waals surface area contributed by atoms with Gasteiger partial charge in [0.25, 0.3) is 5.91 Å². The van der Waals surface area contributed by atoms with Crippen LogP contribution in [-0.2, 0) is 17.8 Å². The van der Waals surface area contributed by atoms with Crippen LogP contribution in [0.5, 0.6) is 0 Å². The van der Waals surface area contributed by atoms with Crippen molar-refractivity contribution in [2.75, 3.05) is 19.0 Å². The molecule has 2 heterocycles. The van der Waals surface area contributed by atoms with Gasteiger partial charge in [-0.1, -0.05) is 24.3 Å². The first-order chi connectivity index (χ1) is 11.6. The Kier molecular flexibility index (Phi) is 4.46. The van der Waals surface area contributed by atoms with Crippen molar-refractivity contribution in [3.63, 3.8) is 0 Å². The number of nitrogens with one attached hydrogen (secondary N) is 2. The normalized spacial score (nSPS) is 16.1. The van der Waals surface area contributed by atoms with Gasteiger partial charge < -0.3 is 15.5 Å². The van der Waals surface area contributed by atoms with Crippen LogP contribution in [0.3, 0.4) is 0 Å². The number of carbonyl (C=O) groups is 2. The topological polar surface area (TPSA) is 74.3 Å². The van der Waals surface area contributed by atoms with Crippen LogP contribution in [-0.4, -0.2) is 36.9 Å². The minimum Gasteiger partial charge on any atom is -0.362 e. The molecule has 0 unspecified atom stereocenters. The first kappa shape index (κ1) is 16.0. The average molecular weight is 324 g/mol. The number of hydrogen-bond donors (Lipinski definition) is 2. The van der Waals surface area contributed by atoms with E-state index in [0.29, 0.717) is 18.5 Å². The van der Waals surface area contributed by atoms with Gasteiger partial charge in [0.05, 0.1) is 0 Å². The molecule has 0 bridgehead atoms. The highest BCUT2D eigenvalue weighted by Crippen LogP contribution is 2.17. The molecule has 1 aromatic heterocycles. The SMILES string of the molecule is CN(C)c1ncccc1CNC(=O)[C@@H]1Cc2ccccc2C(=O)N1. The van der Waals surface area contributed by atoms with E-state index >= 15 is 0 Å². The van der Waals surface area contributed by atoms with E-state index in [1.807, 2.05) is 49.3 Å². The fraction of sp³-hybridized carbons (Fsp3) is 0.278. The summed E-state index contributed by atoms with van der Waals surface area (Å²) in [7, 11) is 3.82. The molecule has 1 aromatic carbocycles. The number of benzene rings is 1. The first-order valence-corrected chi connectivity index (χ1v) is 7.84. The molecule has 1 aliphatic rings. The summed E-state index contributed by atoms with van der Waals surface area (Å²) in [6, 6.07) is 10.6. The van der Waals surface area contributed by atoms with Crippen LogP contribution >= 0.6 is 0 Å². The van der Waals surface area contributed by atoms with Crippen molar-refractivity contribution in [2.24, 2.45) is 0 Å². The third kappa shape index (κ3) is 3.22. The summed E-state index contributed by atoms with van der Waals surface area (Å²) in [4.78, 5) is 30.8. The standard InChI is InChI=1S/C18H20N4O2/c1-22(2)16-13(7-5-9-19-16)11-20-18(24)15-10-12-6-3-4-8-14(12)17(23)21-15/h3-9,15H,10-11H2,1-2H3,(H,20,24)(H,21,23)/t15-/m0/s1. The molecule has 24 heavy (non-hydrogen) atoms. The van der Waals surface area contributed by atoms with E-state index in [2.05, 4.69) is 15.6 Å². The van der Waals surface area contributed by atoms with Crippen LogP contribution in [0.15, 0.2) is 42.6 Å². The van der Waals surface area contributed by atoms with E-state index in [1.165, 1.54) is 0 Å². The molecule has 0 radical (unpaired) electrons. The molecule has 2 N–H and O–H groups in total. The third-order valence-electron chi connectivity index (χ3n) is 4.05. The van der Waals surface area contributed by atoms with Gasteiger partial charge in [0.2, 0.25) is 5.91 Å². The zero-order valence-corrected chi connectivity index (χ0v) is 13.7. The van der Waals surface area contributed by atoms with Crippen LogP contribution in [0.25, 0.3) is 0 Å². The lowest BCUT2D eigenvalue weighted by atomic mass is 9.95. The smallest absolute Gasteiger partial charge is 0.252 e. The lowest BCUT2D eigenvalue weighted by molar-refractivity contribution is -0.123. The highest BCUT2D eigenvalue weighted by molar-refractivity contribution is 6.00. The Hall–Kier alpha value is -2.89. The van der Waals surface area contributed by atoms with Gasteiger partial charge in [0, 0.05) is 44.4 Å². The van der Waals surface area contributed by atoms with Gasteiger partial charge in [-0.2, -0.15) is 0 Å². The van der Waals surface area contributed by atoms with Gasteiger partial charge in [-0.3, -0.25) is 9.59 Å². The fourth-order valence-corrected chi connectivity index (χ4v) is 2.86. The first-order valence-electron chi connectivity index (χ1n) is 7.84. The highest BCUT2D eigenvalue weighted by Gasteiger charge is 2.28. The molecular formula is C18H20N4O2. The molecule has 6 heteroatoms. The number of carbonyl (C=O) groups excluding carboxylic acids is 2. The Morgan fingerprint density at radius 3 is 2.88 bits per heavy atom. The molecular weight excluding hydrogens is 304 g/mol. The Labute approximate surface area is 140 Å². The maximum absolute atomic E-state index is 12.4. The number of anilines is 1. The Morgan fingerprint density at radius 1 is 1.29 bits per heavy atom. The average Bonchev–Trinajstić information content (AvgIpc) is 2.59. The zero-order valence-electron chi connectivity index (χ0n) is 13.7. The van der Waals surface area contributed by atoms with E-state index < -0.39 is 6.04 Å². The zero-order chi connectivity index (χ0) is 17.1. The van der Waals surface area contributed by atoms with Crippen LogP contribution in [0.2, 0.25) is 0 Å². The van der Waals surface area contributed by atoms with Crippen molar-refractivity contribution >= 4 is 17.6 Å². The number of hydrogen-bond acceptors (Lipinski definition) is 4. The monoisotopic (exact) mass is 324 g/mol. The highest BCUT2D eigenvalue weighted by atomic mass is 16.2. The van der Waals surface area contributed by atoms with E-state index in [0.717, 1.165) is 16.9 Å². The molecule has 0 spiro atoms. The summed E-state index contributed by atoms with van der Waals surface area (Å²) in [6.07, 6.45) is 2.22. The van der Waals surface area contributed by atoms with Gasteiger partial charge in [-0.15, -0.1) is 0 Å². The second-order valence-corrected chi connectivity index (χ2v) is 5.99. The summed E-state index contributed by atoms with van der Waals surface area (Å²) < 4.78 is 0. The largest absolute Gasteiger partial charge is 0.362 e. The predicted octanol–water partition coefficient (Wildman–Crippen LogP) is 1.12. The van der Waals surface area contributed by atoms with Crippen molar-refractivity contribution in [3.05, 3.63) is 59.3 Å². The maximum atomic E-state index is 12.4. The molecule has 2 amide bonds. The Bertz CT molecular complexity index is 773. The number of nitrogens with zero attached hydrogens (tertiary/aromatic N) is 2. The minimum absolute atomic E-state index is 0.189. The number of aromatic nitrogens is 1. The van der Waals surface area contributed by atoms with Gasteiger partial charge in [-0.05, 0) is 17.7 Å². The fourth-order valence-electron chi connectivity index (χ4n) is 2.86. The second kappa shape index (κ2) is 6.70. The van der Waals surface area contributed by atoms with Gasteiger partial charge in [0.15, 0.2) is 0 Å². The second-order valence-electron chi connectivity index (χ2n) is 5.99. The van der Waals surface area contributed by atoms with Gasteiger partial charge in [-0.25, -0.2) is 4.98 Å². The molecule has 0 aliphatic carbocycles. The van der Waals surface area contributed by atoms with Crippen molar-refractivity contribution in [2.45, 2.75) is 19.0 Å². The van der Waals surface area contributed by atoms with Crippen molar-refractivity contribution in [1.82, 2.24) is 15.6 Å². The van der Waals surface area contributed by atoms with Gasteiger partial charge in [0.1, 0.15) is 11.9 Å². The molecule has 6 nitrogen and oxygen atoms in total. The molecule has 0 saturated heterocycles. The summed E-state index contributed by atoms with van der Waals surface area (Å²) in [6.45, 7) is 0.369. The molecule has 0 fully saturated rings. The number of amides is 2. The summed E-state index contributed by atoms with van der Waals surface area (Å²) >= 11 is 0. The number of fused-ring (bicyclic) bond motifs is 1. The van der Waals surface area contributed by atoms with Crippen molar-refractivity contribution < 1.29 is 9.59 Å². The summed E-state index contributed by atoms with van der Waals surface area (Å²) in [5.41, 5.74) is 2.47. The summed E-state index contributed by atoms with van der Waals surface area (Å²) in [5.74, 6) is 0.426. The molecule has 1 atom stereocenters. The van der Waals surface area contributed by atoms with Crippen molar-refractivity contribution in [1.29, 1.82) is 0 Å². The Balaban J connectivity index is 1.68. The molecule has 1 aliphatic heterocycles. The molecule has 124 valence electrons. The van der Waals surface area contributed by atoms with E-state index in [-0.39, 0.29) is 11.8 Å². The molecule has 3 rings (SSSR count).